The highest BCUT2D eigenvalue weighted by Crippen LogP contribution is 2.21. The average Bonchev–Trinajstić information content (AvgIpc) is 3.47. The fourth-order valence-electron chi connectivity index (χ4n) is 2.74. The van der Waals surface area contributed by atoms with E-state index in [2.05, 4.69) is 20.1 Å². The van der Waals surface area contributed by atoms with Gasteiger partial charge in [0.15, 0.2) is 0 Å². The van der Waals surface area contributed by atoms with Gasteiger partial charge in [-0.3, -0.25) is 9.52 Å². The third kappa shape index (κ3) is 4.56. The van der Waals surface area contributed by atoms with Gasteiger partial charge < -0.3 is 5.32 Å². The number of hydrogen-bond donors (Lipinski definition) is 2. The molecular weight excluding hydrogens is 422 g/mol. The van der Waals surface area contributed by atoms with Crippen LogP contribution in [0.4, 0.5) is 5.69 Å². The zero-order valence-electron chi connectivity index (χ0n) is 15.6. The Morgan fingerprint density at radius 1 is 1.07 bits per heavy atom. The van der Waals surface area contributed by atoms with E-state index in [1.165, 1.54) is 18.5 Å². The van der Waals surface area contributed by atoms with E-state index in [4.69, 9.17) is 0 Å². The molecule has 1 amide bonds. The molecule has 2 heterocycles. The second-order valence-corrected chi connectivity index (χ2v) is 9.16. The van der Waals surface area contributed by atoms with Gasteiger partial charge in [-0.1, -0.05) is 24.3 Å². The van der Waals surface area contributed by atoms with Crippen LogP contribution in [-0.4, -0.2) is 29.1 Å². The lowest BCUT2D eigenvalue weighted by molar-refractivity contribution is 0.0951. The summed E-state index contributed by atoms with van der Waals surface area (Å²) in [7, 11) is -3.67. The molecular formula is C20H17N5O3S2. The number of carbonyl (C=O) groups excluding carboxylic acids is 1. The van der Waals surface area contributed by atoms with Crippen LogP contribution < -0.4 is 10.0 Å². The number of nitrogens with zero attached hydrogens (tertiary/aromatic N) is 3. The number of sulfonamides is 1. The maximum absolute atomic E-state index is 12.5. The van der Waals surface area contributed by atoms with Gasteiger partial charge in [-0.15, -0.1) is 11.3 Å². The molecule has 152 valence electrons. The van der Waals surface area contributed by atoms with E-state index in [0.29, 0.717) is 17.8 Å². The molecule has 0 saturated carbocycles. The minimum Gasteiger partial charge on any atom is -0.348 e. The molecule has 0 fully saturated rings. The highest BCUT2D eigenvalue weighted by molar-refractivity contribution is 7.94. The van der Waals surface area contributed by atoms with Crippen molar-refractivity contribution in [3.63, 3.8) is 0 Å². The number of anilines is 1. The van der Waals surface area contributed by atoms with Gasteiger partial charge >= 0.3 is 0 Å². The van der Waals surface area contributed by atoms with Crippen molar-refractivity contribution in [1.82, 2.24) is 20.1 Å². The van der Waals surface area contributed by atoms with Crippen LogP contribution in [0.5, 0.6) is 0 Å². The summed E-state index contributed by atoms with van der Waals surface area (Å²) >= 11 is 1.13. The van der Waals surface area contributed by atoms with E-state index in [1.807, 2.05) is 24.3 Å². The first-order valence-electron chi connectivity index (χ1n) is 8.90. The fourth-order valence-corrected chi connectivity index (χ4v) is 4.78. The van der Waals surface area contributed by atoms with Crippen molar-refractivity contribution >= 4 is 33.0 Å². The molecule has 4 rings (SSSR count). The van der Waals surface area contributed by atoms with Crippen molar-refractivity contribution in [2.45, 2.75) is 10.8 Å². The van der Waals surface area contributed by atoms with E-state index in [9.17, 15) is 13.2 Å². The number of nitrogens with one attached hydrogen (secondary N) is 2. The Balaban J connectivity index is 1.40. The lowest BCUT2D eigenvalue weighted by Gasteiger charge is -2.09. The summed E-state index contributed by atoms with van der Waals surface area (Å²) in [6.07, 6.45) is 3.07. The van der Waals surface area contributed by atoms with E-state index in [1.54, 1.807) is 40.7 Å². The Morgan fingerprint density at radius 3 is 2.60 bits per heavy atom. The Bertz CT molecular complexity index is 1240. The van der Waals surface area contributed by atoms with Crippen LogP contribution in [0.1, 0.15) is 15.9 Å². The molecule has 2 N–H and O–H groups in total. The van der Waals surface area contributed by atoms with Crippen LogP contribution in [0.15, 0.2) is 82.9 Å². The van der Waals surface area contributed by atoms with Gasteiger partial charge in [-0.25, -0.2) is 18.1 Å². The lowest BCUT2D eigenvalue weighted by Crippen LogP contribution is -2.23. The maximum Gasteiger partial charge on any atom is 0.271 e. The molecule has 0 radical (unpaired) electrons. The zero-order valence-corrected chi connectivity index (χ0v) is 17.2. The van der Waals surface area contributed by atoms with Crippen LogP contribution in [0, 0.1) is 0 Å². The number of amides is 1. The first-order valence-corrected chi connectivity index (χ1v) is 11.3. The third-order valence-corrected chi connectivity index (χ3v) is 6.99. The second-order valence-electron chi connectivity index (χ2n) is 6.31. The Morgan fingerprint density at radius 2 is 1.90 bits per heavy atom. The molecule has 2 aromatic heterocycles. The largest absolute Gasteiger partial charge is 0.348 e. The molecule has 30 heavy (non-hydrogen) atoms. The summed E-state index contributed by atoms with van der Waals surface area (Å²) in [5.41, 5.74) is 2.48. The topological polar surface area (TPSA) is 106 Å². The van der Waals surface area contributed by atoms with Crippen molar-refractivity contribution in [3.8, 4) is 5.69 Å². The standard InChI is InChI=1S/C20H17N5O3S2/c26-20(22-12-15-6-8-18(9-7-15)25-14-21-13-23-25)16-3-1-4-17(11-16)24-30(27,28)19-5-2-10-29-19/h1-11,13-14,24H,12H2,(H,22,26). The normalized spacial score (nSPS) is 11.2. The first-order chi connectivity index (χ1) is 14.5. The van der Waals surface area contributed by atoms with Crippen molar-refractivity contribution in [3.05, 3.63) is 89.8 Å². The van der Waals surface area contributed by atoms with E-state index in [0.717, 1.165) is 22.6 Å². The molecule has 0 aliphatic rings. The second kappa shape index (κ2) is 8.47. The molecule has 0 spiro atoms. The highest BCUT2D eigenvalue weighted by Gasteiger charge is 2.16. The Hall–Kier alpha value is -3.50. The smallest absolute Gasteiger partial charge is 0.271 e. The summed E-state index contributed by atoms with van der Waals surface area (Å²) in [6, 6.07) is 17.1. The highest BCUT2D eigenvalue weighted by atomic mass is 32.2. The van der Waals surface area contributed by atoms with Crippen molar-refractivity contribution in [2.75, 3.05) is 4.72 Å². The van der Waals surface area contributed by atoms with Crippen molar-refractivity contribution < 1.29 is 13.2 Å². The molecule has 8 nitrogen and oxygen atoms in total. The molecule has 4 aromatic rings. The average molecular weight is 440 g/mol. The van der Waals surface area contributed by atoms with Gasteiger partial charge in [0.25, 0.3) is 15.9 Å². The Kier molecular flexibility index (Phi) is 5.59. The van der Waals surface area contributed by atoms with Gasteiger partial charge in [0.1, 0.15) is 16.9 Å². The molecule has 0 unspecified atom stereocenters. The lowest BCUT2D eigenvalue weighted by atomic mass is 10.1. The summed E-state index contributed by atoms with van der Waals surface area (Å²) in [6.45, 7) is 0.335. The predicted octanol–water partition coefficient (Wildman–Crippen LogP) is 3.06. The Labute approximate surface area is 177 Å². The molecule has 0 saturated heterocycles. The van der Waals surface area contributed by atoms with Gasteiger partial charge in [0.2, 0.25) is 0 Å². The number of carbonyl (C=O) groups is 1. The predicted molar refractivity (Wildman–Crippen MR) is 114 cm³/mol. The van der Waals surface area contributed by atoms with Gasteiger partial charge in [0.05, 0.1) is 5.69 Å². The van der Waals surface area contributed by atoms with E-state index < -0.39 is 10.0 Å². The fraction of sp³-hybridized carbons (Fsp3) is 0.0500. The minimum atomic E-state index is -3.67. The third-order valence-electron chi connectivity index (χ3n) is 4.21. The molecule has 0 aliphatic carbocycles. The summed E-state index contributed by atoms with van der Waals surface area (Å²) in [5, 5.41) is 8.60. The molecule has 0 bridgehead atoms. The van der Waals surface area contributed by atoms with Crippen LogP contribution in [0.2, 0.25) is 0 Å². The number of rotatable bonds is 7. The molecule has 2 aromatic carbocycles. The molecule has 0 aliphatic heterocycles. The van der Waals surface area contributed by atoms with E-state index in [-0.39, 0.29) is 10.1 Å². The summed E-state index contributed by atoms with van der Waals surface area (Å²) in [4.78, 5) is 16.4. The van der Waals surface area contributed by atoms with E-state index >= 15 is 0 Å². The first kappa shape index (κ1) is 19.8. The monoisotopic (exact) mass is 439 g/mol. The zero-order chi connectivity index (χ0) is 21.0. The number of hydrogen-bond acceptors (Lipinski definition) is 6. The van der Waals surface area contributed by atoms with Crippen LogP contribution in [-0.2, 0) is 16.6 Å². The van der Waals surface area contributed by atoms with Gasteiger partial charge in [-0.2, -0.15) is 5.10 Å². The SMILES string of the molecule is O=C(NCc1ccc(-n2cncn2)cc1)c1cccc(NS(=O)(=O)c2cccs2)c1. The number of benzene rings is 2. The van der Waals surface area contributed by atoms with Crippen molar-refractivity contribution in [2.24, 2.45) is 0 Å². The summed E-state index contributed by atoms with van der Waals surface area (Å²) < 4.78 is 29.1. The van der Waals surface area contributed by atoms with Gasteiger partial charge in [0, 0.05) is 17.8 Å². The molecule has 10 heteroatoms. The van der Waals surface area contributed by atoms with Crippen molar-refractivity contribution in [1.29, 1.82) is 0 Å². The van der Waals surface area contributed by atoms with Crippen LogP contribution >= 0.6 is 11.3 Å². The van der Waals surface area contributed by atoms with Crippen LogP contribution in [0.25, 0.3) is 5.69 Å². The minimum absolute atomic E-state index is 0.215. The van der Waals surface area contributed by atoms with Gasteiger partial charge in [-0.05, 0) is 47.3 Å². The summed E-state index contributed by atoms with van der Waals surface area (Å²) in [5.74, 6) is -0.299. The number of thiophene rings is 1. The molecule has 0 atom stereocenters. The number of aromatic nitrogens is 3. The van der Waals surface area contributed by atoms with Crippen LogP contribution in [0.3, 0.4) is 0 Å². The maximum atomic E-state index is 12.5. The quantitative estimate of drug-likeness (QED) is 0.460.